The Morgan fingerprint density at radius 1 is 1.17 bits per heavy atom. The van der Waals surface area contributed by atoms with Crippen LogP contribution in [0, 0.1) is 0 Å². The lowest BCUT2D eigenvalue weighted by Crippen LogP contribution is -2.29. The second-order valence-corrected chi connectivity index (χ2v) is 3.07. The van der Waals surface area contributed by atoms with Gasteiger partial charge in [0, 0.05) is 13.2 Å². The summed E-state index contributed by atoms with van der Waals surface area (Å²) in [5, 5.41) is 3.38. The SMILES string of the molecule is CCCNCC(CCC)OCC. The molecular formula is C10H23NO. The van der Waals surface area contributed by atoms with Gasteiger partial charge in [-0.2, -0.15) is 0 Å². The normalized spacial score (nSPS) is 13.2. The molecule has 0 bridgehead atoms. The lowest BCUT2D eigenvalue weighted by molar-refractivity contribution is 0.0564. The third kappa shape index (κ3) is 6.62. The molecule has 0 aliphatic carbocycles. The highest BCUT2D eigenvalue weighted by Gasteiger charge is 2.04. The predicted octanol–water partition coefficient (Wildman–Crippen LogP) is 2.19. The van der Waals surface area contributed by atoms with Crippen LogP contribution in [0.1, 0.15) is 40.0 Å². The fraction of sp³-hybridized carbons (Fsp3) is 1.00. The second-order valence-electron chi connectivity index (χ2n) is 3.07. The maximum absolute atomic E-state index is 5.57. The fourth-order valence-electron chi connectivity index (χ4n) is 1.24. The van der Waals surface area contributed by atoms with E-state index in [-0.39, 0.29) is 0 Å². The summed E-state index contributed by atoms with van der Waals surface area (Å²) in [6, 6.07) is 0. The molecule has 0 amide bonds. The molecule has 0 aliphatic rings. The Kier molecular flexibility index (Phi) is 8.95. The molecule has 1 unspecified atom stereocenters. The van der Waals surface area contributed by atoms with Gasteiger partial charge in [0.1, 0.15) is 0 Å². The summed E-state index contributed by atoms with van der Waals surface area (Å²) in [7, 11) is 0. The van der Waals surface area contributed by atoms with E-state index in [9.17, 15) is 0 Å². The van der Waals surface area contributed by atoms with Crippen molar-refractivity contribution in [3.05, 3.63) is 0 Å². The molecule has 74 valence electrons. The Morgan fingerprint density at radius 2 is 1.92 bits per heavy atom. The van der Waals surface area contributed by atoms with Crippen LogP contribution in [-0.4, -0.2) is 25.8 Å². The van der Waals surface area contributed by atoms with E-state index in [1.807, 2.05) is 0 Å². The predicted molar refractivity (Wildman–Crippen MR) is 53.5 cm³/mol. The zero-order chi connectivity index (χ0) is 9.23. The van der Waals surface area contributed by atoms with Gasteiger partial charge in [-0.05, 0) is 26.3 Å². The maximum Gasteiger partial charge on any atom is 0.0699 e. The summed E-state index contributed by atoms with van der Waals surface area (Å²) in [5.74, 6) is 0. The van der Waals surface area contributed by atoms with E-state index in [1.165, 1.54) is 19.3 Å². The van der Waals surface area contributed by atoms with E-state index in [4.69, 9.17) is 4.74 Å². The zero-order valence-corrected chi connectivity index (χ0v) is 8.73. The molecule has 0 aromatic heterocycles. The van der Waals surface area contributed by atoms with E-state index in [0.29, 0.717) is 6.10 Å². The van der Waals surface area contributed by atoms with Gasteiger partial charge in [0.15, 0.2) is 0 Å². The molecule has 0 fully saturated rings. The minimum Gasteiger partial charge on any atom is -0.377 e. The van der Waals surface area contributed by atoms with Crippen LogP contribution in [0.4, 0.5) is 0 Å². The van der Waals surface area contributed by atoms with Crippen molar-refractivity contribution in [3.8, 4) is 0 Å². The minimum absolute atomic E-state index is 0.423. The standard InChI is InChI=1S/C10H23NO/c1-4-7-10(12-6-3)9-11-8-5-2/h10-11H,4-9H2,1-3H3. The number of hydrogen-bond acceptors (Lipinski definition) is 2. The molecule has 1 N–H and O–H groups in total. The lowest BCUT2D eigenvalue weighted by Gasteiger charge is -2.16. The van der Waals surface area contributed by atoms with Crippen LogP contribution in [0.5, 0.6) is 0 Å². The number of rotatable bonds is 8. The molecule has 0 aromatic carbocycles. The Balaban J connectivity index is 3.34. The quantitative estimate of drug-likeness (QED) is 0.568. The van der Waals surface area contributed by atoms with E-state index in [0.717, 1.165) is 19.7 Å². The van der Waals surface area contributed by atoms with Crippen molar-refractivity contribution in [2.45, 2.75) is 46.1 Å². The molecular weight excluding hydrogens is 150 g/mol. The first-order valence-electron chi connectivity index (χ1n) is 5.17. The highest BCUT2D eigenvalue weighted by molar-refractivity contribution is 4.60. The van der Waals surface area contributed by atoms with Gasteiger partial charge in [-0.3, -0.25) is 0 Å². The molecule has 0 rings (SSSR count). The van der Waals surface area contributed by atoms with Gasteiger partial charge in [-0.1, -0.05) is 20.3 Å². The van der Waals surface area contributed by atoms with Gasteiger partial charge in [-0.15, -0.1) is 0 Å². The monoisotopic (exact) mass is 173 g/mol. The smallest absolute Gasteiger partial charge is 0.0699 e. The van der Waals surface area contributed by atoms with Gasteiger partial charge < -0.3 is 10.1 Å². The van der Waals surface area contributed by atoms with Crippen LogP contribution >= 0.6 is 0 Å². The van der Waals surface area contributed by atoms with Crippen LogP contribution in [0.15, 0.2) is 0 Å². The van der Waals surface area contributed by atoms with Crippen molar-refractivity contribution >= 4 is 0 Å². The first-order valence-corrected chi connectivity index (χ1v) is 5.17. The first kappa shape index (κ1) is 11.9. The van der Waals surface area contributed by atoms with Gasteiger partial charge in [0.2, 0.25) is 0 Å². The summed E-state index contributed by atoms with van der Waals surface area (Å²) in [4.78, 5) is 0. The molecule has 12 heavy (non-hydrogen) atoms. The van der Waals surface area contributed by atoms with Gasteiger partial charge in [0.05, 0.1) is 6.10 Å². The van der Waals surface area contributed by atoms with E-state index in [1.54, 1.807) is 0 Å². The van der Waals surface area contributed by atoms with Crippen LogP contribution in [0.25, 0.3) is 0 Å². The third-order valence-corrected chi connectivity index (χ3v) is 1.81. The Hall–Kier alpha value is -0.0800. The van der Waals surface area contributed by atoms with E-state index in [2.05, 4.69) is 26.1 Å². The van der Waals surface area contributed by atoms with Crippen molar-refractivity contribution in [2.24, 2.45) is 0 Å². The van der Waals surface area contributed by atoms with Crippen molar-refractivity contribution in [3.63, 3.8) is 0 Å². The Bertz CT molecular complexity index is 79.9. The molecule has 0 aliphatic heterocycles. The summed E-state index contributed by atoms with van der Waals surface area (Å²) in [5.41, 5.74) is 0. The number of nitrogens with one attached hydrogen (secondary N) is 1. The molecule has 2 heteroatoms. The molecule has 0 spiro atoms. The highest BCUT2D eigenvalue weighted by Crippen LogP contribution is 2.00. The Labute approximate surface area is 76.7 Å². The second kappa shape index (κ2) is 9.01. The first-order chi connectivity index (χ1) is 5.85. The van der Waals surface area contributed by atoms with E-state index < -0.39 is 0 Å². The average molecular weight is 173 g/mol. The molecule has 0 radical (unpaired) electrons. The summed E-state index contributed by atoms with van der Waals surface area (Å²) in [6.45, 7) is 9.39. The van der Waals surface area contributed by atoms with Crippen LogP contribution in [0.2, 0.25) is 0 Å². The molecule has 1 atom stereocenters. The number of ether oxygens (including phenoxy) is 1. The number of hydrogen-bond donors (Lipinski definition) is 1. The molecule has 0 saturated heterocycles. The maximum atomic E-state index is 5.57. The van der Waals surface area contributed by atoms with Crippen LogP contribution in [0.3, 0.4) is 0 Å². The third-order valence-electron chi connectivity index (χ3n) is 1.81. The molecule has 0 saturated carbocycles. The molecule has 0 heterocycles. The summed E-state index contributed by atoms with van der Waals surface area (Å²) >= 11 is 0. The molecule has 0 aromatic rings. The Morgan fingerprint density at radius 3 is 2.42 bits per heavy atom. The van der Waals surface area contributed by atoms with Crippen molar-refractivity contribution in [2.75, 3.05) is 19.7 Å². The van der Waals surface area contributed by atoms with Crippen molar-refractivity contribution < 1.29 is 4.74 Å². The molecule has 2 nitrogen and oxygen atoms in total. The van der Waals surface area contributed by atoms with Gasteiger partial charge in [-0.25, -0.2) is 0 Å². The largest absolute Gasteiger partial charge is 0.377 e. The fourth-order valence-corrected chi connectivity index (χ4v) is 1.24. The topological polar surface area (TPSA) is 21.3 Å². The van der Waals surface area contributed by atoms with Gasteiger partial charge in [0.25, 0.3) is 0 Å². The van der Waals surface area contributed by atoms with Crippen molar-refractivity contribution in [1.82, 2.24) is 5.32 Å². The summed E-state index contributed by atoms with van der Waals surface area (Å²) < 4.78 is 5.57. The zero-order valence-electron chi connectivity index (χ0n) is 8.73. The van der Waals surface area contributed by atoms with Crippen molar-refractivity contribution in [1.29, 1.82) is 0 Å². The van der Waals surface area contributed by atoms with Crippen LogP contribution < -0.4 is 5.32 Å². The minimum atomic E-state index is 0.423. The lowest BCUT2D eigenvalue weighted by atomic mass is 10.2. The average Bonchev–Trinajstić information content (AvgIpc) is 2.06. The highest BCUT2D eigenvalue weighted by atomic mass is 16.5. The van der Waals surface area contributed by atoms with E-state index >= 15 is 0 Å². The van der Waals surface area contributed by atoms with Crippen LogP contribution in [-0.2, 0) is 4.74 Å². The summed E-state index contributed by atoms with van der Waals surface area (Å²) in [6.07, 6.45) is 4.00. The van der Waals surface area contributed by atoms with Gasteiger partial charge >= 0.3 is 0 Å².